The van der Waals surface area contributed by atoms with E-state index < -0.39 is 0 Å². The molecule has 100 valence electrons. The molecule has 2 aromatic rings. The summed E-state index contributed by atoms with van der Waals surface area (Å²) in [6.45, 7) is 3.55. The van der Waals surface area contributed by atoms with E-state index in [1.165, 1.54) is 17.8 Å². The first-order chi connectivity index (χ1) is 8.99. The van der Waals surface area contributed by atoms with Crippen LogP contribution in [-0.4, -0.2) is 4.98 Å². The fourth-order valence-corrected chi connectivity index (χ4v) is 2.99. The van der Waals surface area contributed by atoms with E-state index in [1.54, 1.807) is 31.3 Å². The Labute approximate surface area is 121 Å². The lowest BCUT2D eigenvalue weighted by molar-refractivity contribution is 0.610. The normalized spacial score (nSPS) is 12.5. The quantitative estimate of drug-likeness (QED) is 0.915. The number of pyridine rings is 1. The van der Waals surface area contributed by atoms with Crippen molar-refractivity contribution in [3.05, 3.63) is 52.4 Å². The highest BCUT2D eigenvalue weighted by Crippen LogP contribution is 2.36. The molecule has 0 radical (unpaired) electrons. The second-order valence-corrected chi connectivity index (χ2v) is 5.76. The van der Waals surface area contributed by atoms with Crippen molar-refractivity contribution in [2.45, 2.75) is 29.8 Å². The van der Waals surface area contributed by atoms with Crippen LogP contribution in [0.25, 0.3) is 0 Å². The molecule has 2 rings (SSSR count). The minimum atomic E-state index is -0.250. The van der Waals surface area contributed by atoms with E-state index in [1.807, 2.05) is 6.92 Å². The lowest BCUT2D eigenvalue weighted by Crippen LogP contribution is -2.07. The summed E-state index contributed by atoms with van der Waals surface area (Å²) in [5.74, 6) is -0.247. The Hall–Kier alpha value is -1.10. The van der Waals surface area contributed by atoms with E-state index in [9.17, 15) is 4.39 Å². The summed E-state index contributed by atoms with van der Waals surface area (Å²) in [4.78, 5) is 5.11. The fourth-order valence-electron chi connectivity index (χ4n) is 1.67. The average molecular weight is 297 g/mol. The van der Waals surface area contributed by atoms with Crippen LogP contribution in [0.5, 0.6) is 0 Å². The maximum absolute atomic E-state index is 13.6. The number of nitrogens with two attached hydrogens (primary N) is 1. The van der Waals surface area contributed by atoms with Gasteiger partial charge in [-0.2, -0.15) is 0 Å². The van der Waals surface area contributed by atoms with E-state index in [0.717, 1.165) is 10.5 Å². The molecule has 0 aliphatic rings. The van der Waals surface area contributed by atoms with Gasteiger partial charge in [-0.25, -0.2) is 9.37 Å². The van der Waals surface area contributed by atoms with Crippen molar-refractivity contribution in [1.29, 1.82) is 0 Å². The van der Waals surface area contributed by atoms with Crippen LogP contribution in [0.1, 0.15) is 24.1 Å². The SMILES string of the molecule is Cc1cc(Sc2ncccc2Cl)c([C@H](C)N)cc1F. The average Bonchev–Trinajstić information content (AvgIpc) is 2.36. The Balaban J connectivity index is 2.45. The summed E-state index contributed by atoms with van der Waals surface area (Å²) in [5.41, 5.74) is 7.23. The third-order valence-corrected chi connectivity index (χ3v) is 4.22. The minimum Gasteiger partial charge on any atom is -0.324 e. The Morgan fingerprint density at radius 2 is 2.16 bits per heavy atom. The summed E-state index contributed by atoms with van der Waals surface area (Å²) in [6, 6.07) is 6.57. The van der Waals surface area contributed by atoms with Crippen LogP contribution in [0.4, 0.5) is 4.39 Å². The number of halogens is 2. The lowest BCUT2D eigenvalue weighted by Gasteiger charge is -2.14. The third kappa shape index (κ3) is 3.26. The molecule has 0 fully saturated rings. The van der Waals surface area contributed by atoms with E-state index in [-0.39, 0.29) is 11.9 Å². The van der Waals surface area contributed by atoms with Crippen LogP contribution in [0, 0.1) is 12.7 Å². The van der Waals surface area contributed by atoms with Crippen molar-refractivity contribution < 1.29 is 4.39 Å². The van der Waals surface area contributed by atoms with Crippen LogP contribution >= 0.6 is 23.4 Å². The zero-order valence-corrected chi connectivity index (χ0v) is 12.2. The second-order valence-electron chi connectivity index (χ2n) is 4.32. The number of rotatable bonds is 3. The number of hydrogen-bond donors (Lipinski definition) is 1. The van der Waals surface area contributed by atoms with Gasteiger partial charge in [-0.1, -0.05) is 23.4 Å². The highest BCUT2D eigenvalue weighted by molar-refractivity contribution is 7.99. The molecule has 0 aliphatic carbocycles. The molecule has 1 atom stereocenters. The van der Waals surface area contributed by atoms with Crippen LogP contribution in [-0.2, 0) is 0 Å². The van der Waals surface area contributed by atoms with Gasteiger partial charge in [0.2, 0.25) is 0 Å². The predicted octanol–water partition coefficient (Wildman–Crippen LogP) is 4.35. The monoisotopic (exact) mass is 296 g/mol. The van der Waals surface area contributed by atoms with E-state index in [4.69, 9.17) is 17.3 Å². The Morgan fingerprint density at radius 3 is 2.79 bits per heavy atom. The van der Waals surface area contributed by atoms with Gasteiger partial charge >= 0.3 is 0 Å². The maximum Gasteiger partial charge on any atom is 0.126 e. The molecule has 0 aliphatic heterocycles. The number of benzene rings is 1. The van der Waals surface area contributed by atoms with Crippen LogP contribution in [0.2, 0.25) is 5.02 Å². The summed E-state index contributed by atoms with van der Waals surface area (Å²) in [7, 11) is 0. The van der Waals surface area contributed by atoms with Gasteiger partial charge in [-0.05, 0) is 49.2 Å². The molecular weight excluding hydrogens is 283 g/mol. The molecule has 1 aromatic carbocycles. The van der Waals surface area contributed by atoms with Crippen molar-refractivity contribution in [2.24, 2.45) is 5.73 Å². The molecule has 0 spiro atoms. The van der Waals surface area contributed by atoms with Gasteiger partial charge in [0.05, 0.1) is 5.02 Å². The van der Waals surface area contributed by atoms with Gasteiger partial charge in [0.25, 0.3) is 0 Å². The smallest absolute Gasteiger partial charge is 0.126 e. The van der Waals surface area contributed by atoms with E-state index in [2.05, 4.69) is 4.98 Å². The van der Waals surface area contributed by atoms with Crippen LogP contribution < -0.4 is 5.73 Å². The molecule has 0 amide bonds. The topological polar surface area (TPSA) is 38.9 Å². The van der Waals surface area contributed by atoms with Gasteiger partial charge in [-0.3, -0.25) is 0 Å². The molecule has 0 unspecified atom stereocenters. The molecule has 19 heavy (non-hydrogen) atoms. The third-order valence-electron chi connectivity index (χ3n) is 2.71. The van der Waals surface area contributed by atoms with Gasteiger partial charge in [0, 0.05) is 17.1 Å². The van der Waals surface area contributed by atoms with Crippen molar-refractivity contribution in [3.63, 3.8) is 0 Å². The fraction of sp³-hybridized carbons (Fsp3) is 0.214. The first-order valence-corrected chi connectivity index (χ1v) is 7.02. The van der Waals surface area contributed by atoms with Crippen molar-refractivity contribution >= 4 is 23.4 Å². The van der Waals surface area contributed by atoms with E-state index in [0.29, 0.717) is 15.6 Å². The largest absolute Gasteiger partial charge is 0.324 e. The number of aryl methyl sites for hydroxylation is 1. The first kappa shape index (κ1) is 14.3. The number of aromatic nitrogens is 1. The summed E-state index contributed by atoms with van der Waals surface area (Å²) in [5, 5.41) is 1.27. The van der Waals surface area contributed by atoms with Gasteiger partial charge < -0.3 is 5.73 Å². The van der Waals surface area contributed by atoms with Crippen LogP contribution in [0.3, 0.4) is 0 Å². The van der Waals surface area contributed by atoms with Gasteiger partial charge in [0.15, 0.2) is 0 Å². The lowest BCUT2D eigenvalue weighted by atomic mass is 10.1. The zero-order valence-electron chi connectivity index (χ0n) is 10.7. The Kier molecular flexibility index (Phi) is 4.45. The molecule has 0 bridgehead atoms. The minimum absolute atomic E-state index is 0.247. The van der Waals surface area contributed by atoms with Crippen molar-refractivity contribution in [1.82, 2.24) is 4.98 Å². The molecule has 2 nitrogen and oxygen atoms in total. The van der Waals surface area contributed by atoms with Crippen molar-refractivity contribution in [3.8, 4) is 0 Å². The molecule has 0 saturated carbocycles. The maximum atomic E-state index is 13.6. The molecule has 2 N–H and O–H groups in total. The zero-order chi connectivity index (χ0) is 14.0. The summed E-state index contributed by atoms with van der Waals surface area (Å²) >= 11 is 7.49. The number of hydrogen-bond acceptors (Lipinski definition) is 3. The van der Waals surface area contributed by atoms with Gasteiger partial charge in [0.1, 0.15) is 10.8 Å². The van der Waals surface area contributed by atoms with Crippen molar-refractivity contribution in [2.75, 3.05) is 0 Å². The molecule has 1 heterocycles. The highest BCUT2D eigenvalue weighted by atomic mass is 35.5. The Morgan fingerprint density at radius 1 is 1.42 bits per heavy atom. The molecular formula is C14H14ClFN2S. The number of nitrogens with zero attached hydrogens (tertiary/aromatic N) is 1. The molecule has 0 saturated heterocycles. The van der Waals surface area contributed by atoms with E-state index >= 15 is 0 Å². The second kappa shape index (κ2) is 5.90. The summed E-state index contributed by atoms with van der Waals surface area (Å²) in [6.07, 6.45) is 1.68. The predicted molar refractivity (Wildman–Crippen MR) is 77.1 cm³/mol. The molecule has 1 aromatic heterocycles. The van der Waals surface area contributed by atoms with Crippen LogP contribution in [0.15, 0.2) is 40.4 Å². The first-order valence-electron chi connectivity index (χ1n) is 5.83. The standard InChI is InChI=1S/C14H14ClFN2S/c1-8-6-13(10(9(2)17)7-12(8)16)19-14-11(15)4-3-5-18-14/h3-7,9H,17H2,1-2H3/t9-/m0/s1. The van der Waals surface area contributed by atoms with Gasteiger partial charge in [-0.15, -0.1) is 0 Å². The summed E-state index contributed by atoms with van der Waals surface area (Å²) < 4.78 is 13.6. The Bertz CT molecular complexity index is 602. The molecule has 5 heteroatoms. The highest BCUT2D eigenvalue weighted by Gasteiger charge is 2.13.